The van der Waals surface area contributed by atoms with Gasteiger partial charge in [0, 0.05) is 75.1 Å². The van der Waals surface area contributed by atoms with Crippen LogP contribution in [0.2, 0.25) is 0 Å². The average Bonchev–Trinajstić information content (AvgIpc) is 3.51. The molecule has 2 saturated heterocycles. The van der Waals surface area contributed by atoms with Crippen LogP contribution >= 0.6 is 0 Å². The van der Waals surface area contributed by atoms with Crippen LogP contribution in [0.5, 0.6) is 0 Å². The first kappa shape index (κ1) is 25.7. The number of hydrogen-bond acceptors (Lipinski definition) is 6. The molecule has 9 heteroatoms. The molecular weight excluding hydrogens is 504 g/mol. The number of amides is 3. The van der Waals surface area contributed by atoms with E-state index in [1.165, 1.54) is 6.33 Å². The lowest BCUT2D eigenvalue weighted by atomic mass is 9.73. The maximum atomic E-state index is 14.0. The third-order valence-corrected chi connectivity index (χ3v) is 8.60. The maximum absolute atomic E-state index is 14.0. The maximum Gasteiger partial charge on any atom is 0.232 e. The van der Waals surface area contributed by atoms with E-state index in [0.29, 0.717) is 37.3 Å². The predicted octanol–water partition coefficient (Wildman–Crippen LogP) is 3.22. The van der Waals surface area contributed by atoms with Crippen molar-refractivity contribution in [2.45, 2.75) is 38.0 Å². The summed E-state index contributed by atoms with van der Waals surface area (Å²) in [4.78, 5) is 52.7. The average molecular weight is 535 g/mol. The highest BCUT2D eigenvalue weighted by Gasteiger charge is 2.49. The highest BCUT2D eigenvalue weighted by Crippen LogP contribution is 2.48. The first-order valence-electron chi connectivity index (χ1n) is 13.6. The van der Waals surface area contributed by atoms with Crippen LogP contribution in [-0.4, -0.2) is 58.8 Å². The number of piperidine rings is 1. The number of hydrogen-bond donors (Lipinski definition) is 0. The molecule has 0 radical (unpaired) electrons. The van der Waals surface area contributed by atoms with Gasteiger partial charge in [0.1, 0.15) is 6.33 Å². The van der Waals surface area contributed by atoms with Gasteiger partial charge in [0.2, 0.25) is 17.7 Å². The second kappa shape index (κ2) is 10.2. The zero-order valence-electron chi connectivity index (χ0n) is 22.4. The fraction of sp³-hybridized carbons (Fsp3) is 0.355. The molecule has 2 aromatic carbocycles. The van der Waals surface area contributed by atoms with E-state index in [1.54, 1.807) is 36.1 Å². The van der Waals surface area contributed by atoms with Gasteiger partial charge in [-0.2, -0.15) is 5.26 Å². The zero-order chi connectivity index (χ0) is 27.9. The lowest BCUT2D eigenvalue weighted by molar-refractivity contribution is -0.130. The molecule has 1 aromatic heterocycles. The van der Waals surface area contributed by atoms with Gasteiger partial charge in [-0.1, -0.05) is 18.2 Å². The van der Waals surface area contributed by atoms with Crippen LogP contribution < -0.4 is 9.80 Å². The highest BCUT2D eigenvalue weighted by molar-refractivity contribution is 6.05. The normalized spacial score (nSPS) is 19.6. The van der Waals surface area contributed by atoms with Crippen LogP contribution in [0.4, 0.5) is 11.4 Å². The fourth-order valence-corrected chi connectivity index (χ4v) is 6.44. The summed E-state index contributed by atoms with van der Waals surface area (Å²) in [5.41, 5.74) is 5.04. The molecule has 202 valence electrons. The summed E-state index contributed by atoms with van der Waals surface area (Å²) in [6.45, 7) is 3.73. The Balaban J connectivity index is 1.29. The molecule has 0 N–H and O–H groups in total. The van der Waals surface area contributed by atoms with Crippen molar-refractivity contribution in [3.05, 3.63) is 83.4 Å². The number of likely N-dealkylation sites (tertiary alicyclic amines) is 1. The first-order valence-corrected chi connectivity index (χ1v) is 13.6. The second-order valence-corrected chi connectivity index (χ2v) is 11.1. The van der Waals surface area contributed by atoms with Crippen molar-refractivity contribution in [1.29, 1.82) is 5.26 Å². The lowest BCUT2D eigenvalue weighted by Gasteiger charge is -2.39. The van der Waals surface area contributed by atoms with Crippen LogP contribution in [-0.2, 0) is 26.2 Å². The number of carbonyl (C=O) groups is 3. The molecule has 0 saturated carbocycles. The number of benzene rings is 2. The van der Waals surface area contributed by atoms with Crippen molar-refractivity contribution in [1.82, 2.24) is 14.9 Å². The molecule has 3 aliphatic rings. The number of nitriles is 1. The lowest BCUT2D eigenvalue weighted by Crippen LogP contribution is -2.48. The summed E-state index contributed by atoms with van der Waals surface area (Å²) in [5, 5.41) is 9.28. The molecule has 0 unspecified atom stereocenters. The Morgan fingerprint density at radius 2 is 1.85 bits per heavy atom. The number of nitrogens with zero attached hydrogens (tertiary/aromatic N) is 6. The molecule has 9 nitrogen and oxygen atoms in total. The van der Waals surface area contributed by atoms with E-state index in [-0.39, 0.29) is 36.1 Å². The number of fused-ring (bicyclic) bond motifs is 2. The third kappa shape index (κ3) is 4.60. The van der Waals surface area contributed by atoms with E-state index in [1.807, 2.05) is 28.3 Å². The van der Waals surface area contributed by atoms with Crippen molar-refractivity contribution in [3.8, 4) is 6.07 Å². The standard InChI is InChI=1S/C31H30N6O3/c1-21(38)35-9-7-31(8-10-35)19-37(28-6-5-22(13-27(28)31)11-24-16-33-20-34-17-24)30(40)25-14-29(39)36(18-25)26-4-2-3-23(12-26)15-32/h2-6,12-13,16-17,20,25H,7-11,14,18-19H2,1H3/t25-/m0/s1. The van der Waals surface area contributed by atoms with E-state index in [9.17, 15) is 19.6 Å². The largest absolute Gasteiger partial charge is 0.343 e. The molecule has 3 aliphatic heterocycles. The minimum Gasteiger partial charge on any atom is -0.343 e. The van der Waals surface area contributed by atoms with E-state index < -0.39 is 5.92 Å². The molecule has 40 heavy (non-hydrogen) atoms. The highest BCUT2D eigenvalue weighted by atomic mass is 16.2. The number of carbonyl (C=O) groups excluding carboxylic acids is 3. The zero-order valence-corrected chi connectivity index (χ0v) is 22.4. The van der Waals surface area contributed by atoms with Crippen molar-refractivity contribution in [2.24, 2.45) is 5.92 Å². The third-order valence-electron chi connectivity index (χ3n) is 8.60. The van der Waals surface area contributed by atoms with E-state index in [0.717, 1.165) is 35.2 Å². The number of aromatic nitrogens is 2. The molecule has 4 heterocycles. The van der Waals surface area contributed by atoms with E-state index in [2.05, 4.69) is 28.2 Å². The van der Waals surface area contributed by atoms with Crippen molar-refractivity contribution in [2.75, 3.05) is 36.0 Å². The van der Waals surface area contributed by atoms with Gasteiger partial charge in [0.05, 0.1) is 17.6 Å². The number of rotatable bonds is 4. The molecule has 6 rings (SSSR count). The van der Waals surface area contributed by atoms with Gasteiger partial charge in [0.25, 0.3) is 0 Å². The molecule has 3 aromatic rings. The van der Waals surface area contributed by atoms with Crippen LogP contribution in [0, 0.1) is 17.2 Å². The molecule has 1 atom stereocenters. The summed E-state index contributed by atoms with van der Waals surface area (Å²) < 4.78 is 0. The molecule has 2 fully saturated rings. The Labute approximate surface area is 233 Å². The fourth-order valence-electron chi connectivity index (χ4n) is 6.44. The minimum atomic E-state index is -0.473. The van der Waals surface area contributed by atoms with E-state index in [4.69, 9.17) is 0 Å². The van der Waals surface area contributed by atoms with Gasteiger partial charge >= 0.3 is 0 Å². The Kier molecular flexibility index (Phi) is 6.54. The smallest absolute Gasteiger partial charge is 0.232 e. The Morgan fingerprint density at radius 1 is 1.07 bits per heavy atom. The van der Waals surface area contributed by atoms with E-state index >= 15 is 0 Å². The van der Waals surface area contributed by atoms with Crippen molar-refractivity contribution >= 4 is 29.1 Å². The van der Waals surface area contributed by atoms with Crippen LogP contribution in [0.1, 0.15) is 48.4 Å². The quantitative estimate of drug-likeness (QED) is 0.508. The van der Waals surface area contributed by atoms with Crippen LogP contribution in [0.3, 0.4) is 0 Å². The summed E-state index contributed by atoms with van der Waals surface area (Å²) in [7, 11) is 0. The van der Waals surface area contributed by atoms with Crippen LogP contribution in [0.15, 0.2) is 61.2 Å². The van der Waals surface area contributed by atoms with Gasteiger partial charge in [0.15, 0.2) is 0 Å². The molecule has 0 aliphatic carbocycles. The molecule has 3 amide bonds. The van der Waals surface area contributed by atoms with Gasteiger partial charge in [-0.15, -0.1) is 0 Å². The van der Waals surface area contributed by atoms with Gasteiger partial charge in [-0.25, -0.2) is 9.97 Å². The summed E-state index contributed by atoms with van der Waals surface area (Å²) in [6, 6.07) is 15.3. The Morgan fingerprint density at radius 3 is 2.58 bits per heavy atom. The minimum absolute atomic E-state index is 0.0522. The molecule has 1 spiro atoms. The second-order valence-electron chi connectivity index (χ2n) is 11.1. The van der Waals surface area contributed by atoms with Gasteiger partial charge in [-0.05, 0) is 53.8 Å². The van der Waals surface area contributed by atoms with Crippen molar-refractivity contribution in [3.63, 3.8) is 0 Å². The summed E-state index contributed by atoms with van der Waals surface area (Å²) in [5.74, 6) is -0.565. The SMILES string of the molecule is CC(=O)N1CCC2(CC1)CN(C(=O)[C@H]1CC(=O)N(c3cccc(C#N)c3)C1)c1ccc(Cc3cncnc3)cc12. The molecule has 0 bridgehead atoms. The topological polar surface area (TPSA) is 110 Å². The monoisotopic (exact) mass is 534 g/mol. The number of anilines is 2. The first-order chi connectivity index (χ1) is 19.4. The van der Waals surface area contributed by atoms with Crippen LogP contribution in [0.25, 0.3) is 0 Å². The predicted molar refractivity (Wildman–Crippen MR) is 148 cm³/mol. The summed E-state index contributed by atoms with van der Waals surface area (Å²) >= 11 is 0. The van der Waals surface area contributed by atoms with Gasteiger partial charge < -0.3 is 14.7 Å². The van der Waals surface area contributed by atoms with Crippen molar-refractivity contribution < 1.29 is 14.4 Å². The van der Waals surface area contributed by atoms with Gasteiger partial charge in [-0.3, -0.25) is 14.4 Å². The summed E-state index contributed by atoms with van der Waals surface area (Å²) in [6.07, 6.45) is 7.52. The molecular formula is C31H30N6O3. The Hall–Kier alpha value is -4.58. The Bertz CT molecular complexity index is 1520.